The quantitative estimate of drug-likeness (QED) is 0.600. The summed E-state index contributed by atoms with van der Waals surface area (Å²) < 4.78 is 4.39. The number of aliphatic hydroxyl groups is 1. The van der Waals surface area contributed by atoms with Crippen LogP contribution in [-0.4, -0.2) is 23.4 Å². The van der Waals surface area contributed by atoms with E-state index in [1.165, 1.54) is 0 Å². The lowest BCUT2D eigenvalue weighted by Crippen LogP contribution is -2.32. The van der Waals surface area contributed by atoms with Crippen molar-refractivity contribution < 1.29 is 14.6 Å². The van der Waals surface area contributed by atoms with E-state index in [0.29, 0.717) is 6.42 Å². The highest BCUT2D eigenvalue weighted by molar-refractivity contribution is 5.64. The predicted octanol–water partition coefficient (Wildman–Crippen LogP) is 0.243. The SMILES string of the molecule is CCC(C)(O)COC(N)=O. The fourth-order valence-electron chi connectivity index (χ4n) is 0.329. The van der Waals surface area contributed by atoms with Crippen LogP contribution < -0.4 is 5.73 Å². The van der Waals surface area contributed by atoms with Crippen LogP contribution in [0.1, 0.15) is 20.3 Å². The van der Waals surface area contributed by atoms with Crippen molar-refractivity contribution in [3.8, 4) is 0 Å². The van der Waals surface area contributed by atoms with Crippen molar-refractivity contribution in [2.24, 2.45) is 5.73 Å². The van der Waals surface area contributed by atoms with Gasteiger partial charge in [0.15, 0.2) is 0 Å². The zero-order chi connectivity index (χ0) is 8.20. The molecule has 0 radical (unpaired) electrons. The van der Waals surface area contributed by atoms with E-state index in [4.69, 9.17) is 0 Å². The number of hydrogen-bond acceptors (Lipinski definition) is 3. The van der Waals surface area contributed by atoms with Gasteiger partial charge in [-0.05, 0) is 13.3 Å². The van der Waals surface area contributed by atoms with E-state index in [-0.39, 0.29) is 6.61 Å². The van der Waals surface area contributed by atoms with Gasteiger partial charge in [-0.15, -0.1) is 0 Å². The number of nitrogens with two attached hydrogens (primary N) is 1. The van der Waals surface area contributed by atoms with Gasteiger partial charge in [-0.3, -0.25) is 0 Å². The van der Waals surface area contributed by atoms with Crippen molar-refractivity contribution in [1.29, 1.82) is 0 Å². The van der Waals surface area contributed by atoms with Crippen LogP contribution in [0.3, 0.4) is 0 Å². The van der Waals surface area contributed by atoms with Crippen molar-refractivity contribution in [2.45, 2.75) is 25.9 Å². The van der Waals surface area contributed by atoms with Gasteiger partial charge in [0.05, 0.1) is 5.60 Å². The second-order valence-corrected chi connectivity index (χ2v) is 2.46. The molecule has 1 amide bonds. The van der Waals surface area contributed by atoms with E-state index in [1.54, 1.807) is 13.8 Å². The van der Waals surface area contributed by atoms with Crippen molar-refractivity contribution in [2.75, 3.05) is 6.61 Å². The number of hydrogen-bond donors (Lipinski definition) is 2. The third kappa shape index (κ3) is 4.14. The third-order valence-corrected chi connectivity index (χ3v) is 1.29. The second kappa shape index (κ2) is 3.41. The molecule has 1 atom stereocenters. The fourth-order valence-corrected chi connectivity index (χ4v) is 0.329. The standard InChI is InChI=1S/C6H13NO3/c1-3-6(2,9)4-10-5(7)8/h9H,3-4H2,1-2H3,(H2,7,8). The van der Waals surface area contributed by atoms with Crippen molar-refractivity contribution in [3.63, 3.8) is 0 Å². The van der Waals surface area contributed by atoms with E-state index in [2.05, 4.69) is 10.5 Å². The molecule has 0 rings (SSSR count). The molecule has 4 nitrogen and oxygen atoms in total. The Morgan fingerprint density at radius 2 is 2.30 bits per heavy atom. The molecule has 0 aromatic carbocycles. The van der Waals surface area contributed by atoms with Crippen LogP contribution in [-0.2, 0) is 4.74 Å². The minimum absolute atomic E-state index is 0.0428. The average Bonchev–Trinajstić information content (AvgIpc) is 1.85. The Kier molecular flexibility index (Phi) is 3.15. The van der Waals surface area contributed by atoms with E-state index >= 15 is 0 Å². The number of amides is 1. The minimum Gasteiger partial charge on any atom is -0.447 e. The molecule has 0 saturated carbocycles. The Morgan fingerprint density at radius 1 is 1.80 bits per heavy atom. The van der Waals surface area contributed by atoms with Crippen molar-refractivity contribution in [3.05, 3.63) is 0 Å². The summed E-state index contributed by atoms with van der Waals surface area (Å²) in [5, 5.41) is 9.24. The molecule has 0 bridgehead atoms. The fraction of sp³-hybridized carbons (Fsp3) is 0.833. The van der Waals surface area contributed by atoms with Gasteiger partial charge in [0.25, 0.3) is 0 Å². The summed E-state index contributed by atoms with van der Waals surface area (Å²) in [7, 11) is 0. The molecule has 10 heavy (non-hydrogen) atoms. The van der Waals surface area contributed by atoms with E-state index in [0.717, 1.165) is 0 Å². The van der Waals surface area contributed by atoms with Gasteiger partial charge in [-0.1, -0.05) is 6.92 Å². The van der Waals surface area contributed by atoms with Gasteiger partial charge in [-0.25, -0.2) is 4.79 Å². The van der Waals surface area contributed by atoms with Crippen LogP contribution in [0.5, 0.6) is 0 Å². The molecule has 60 valence electrons. The molecular formula is C6H13NO3. The Labute approximate surface area is 60.0 Å². The molecule has 3 N–H and O–H groups in total. The first-order chi connectivity index (χ1) is 4.48. The summed E-state index contributed by atoms with van der Waals surface area (Å²) in [5.74, 6) is 0. The van der Waals surface area contributed by atoms with E-state index in [1.807, 2.05) is 0 Å². The molecule has 0 saturated heterocycles. The summed E-state index contributed by atoms with van der Waals surface area (Å²) >= 11 is 0. The van der Waals surface area contributed by atoms with E-state index < -0.39 is 11.7 Å². The van der Waals surface area contributed by atoms with Gasteiger partial charge in [0.2, 0.25) is 0 Å². The Bertz CT molecular complexity index is 122. The molecule has 0 aliphatic heterocycles. The Hall–Kier alpha value is -0.770. The summed E-state index contributed by atoms with van der Waals surface area (Å²) in [5.41, 5.74) is 3.73. The normalized spacial score (nSPS) is 15.9. The van der Waals surface area contributed by atoms with Crippen molar-refractivity contribution >= 4 is 6.09 Å². The number of carbonyl (C=O) groups excluding carboxylic acids is 1. The molecule has 0 heterocycles. The Balaban J connectivity index is 3.56. The zero-order valence-corrected chi connectivity index (χ0v) is 6.26. The lowest BCUT2D eigenvalue weighted by molar-refractivity contribution is -0.00783. The highest BCUT2D eigenvalue weighted by atomic mass is 16.6. The molecule has 0 aliphatic carbocycles. The highest BCUT2D eigenvalue weighted by Gasteiger charge is 2.18. The van der Waals surface area contributed by atoms with Crippen LogP contribution in [0, 0.1) is 0 Å². The maximum absolute atomic E-state index is 10.1. The lowest BCUT2D eigenvalue weighted by Gasteiger charge is -2.19. The van der Waals surface area contributed by atoms with Gasteiger partial charge in [-0.2, -0.15) is 0 Å². The number of ether oxygens (including phenoxy) is 1. The van der Waals surface area contributed by atoms with Crippen molar-refractivity contribution in [1.82, 2.24) is 0 Å². The monoisotopic (exact) mass is 147 g/mol. The molecule has 1 unspecified atom stereocenters. The Morgan fingerprint density at radius 3 is 2.60 bits per heavy atom. The molecule has 0 aliphatic rings. The molecule has 0 aromatic rings. The largest absolute Gasteiger partial charge is 0.447 e. The first kappa shape index (κ1) is 9.23. The van der Waals surface area contributed by atoms with Crippen LogP contribution in [0.25, 0.3) is 0 Å². The van der Waals surface area contributed by atoms with Gasteiger partial charge in [0.1, 0.15) is 6.61 Å². The summed E-state index contributed by atoms with van der Waals surface area (Å²) in [6.07, 6.45) is -0.325. The van der Waals surface area contributed by atoms with Crippen LogP contribution in [0.4, 0.5) is 4.79 Å². The average molecular weight is 147 g/mol. The van der Waals surface area contributed by atoms with Crippen LogP contribution in [0.2, 0.25) is 0 Å². The first-order valence-corrected chi connectivity index (χ1v) is 3.12. The smallest absolute Gasteiger partial charge is 0.404 e. The highest BCUT2D eigenvalue weighted by Crippen LogP contribution is 2.07. The molecule has 0 fully saturated rings. The first-order valence-electron chi connectivity index (χ1n) is 3.12. The minimum atomic E-state index is -0.949. The number of primary amides is 1. The van der Waals surface area contributed by atoms with Gasteiger partial charge < -0.3 is 15.6 Å². The molecule has 4 heteroatoms. The molecule has 0 spiro atoms. The summed E-state index contributed by atoms with van der Waals surface area (Å²) in [6.45, 7) is 3.33. The predicted molar refractivity (Wildman–Crippen MR) is 36.5 cm³/mol. The lowest BCUT2D eigenvalue weighted by atomic mass is 10.1. The van der Waals surface area contributed by atoms with Gasteiger partial charge in [0, 0.05) is 0 Å². The second-order valence-electron chi connectivity index (χ2n) is 2.46. The summed E-state index contributed by atoms with van der Waals surface area (Å²) in [6, 6.07) is 0. The van der Waals surface area contributed by atoms with Crippen LogP contribution in [0.15, 0.2) is 0 Å². The summed E-state index contributed by atoms with van der Waals surface area (Å²) in [4.78, 5) is 10.1. The molecule has 0 aromatic heterocycles. The van der Waals surface area contributed by atoms with E-state index in [9.17, 15) is 9.90 Å². The molecular weight excluding hydrogens is 134 g/mol. The number of carbonyl (C=O) groups is 1. The zero-order valence-electron chi connectivity index (χ0n) is 6.26. The van der Waals surface area contributed by atoms with Crippen LogP contribution >= 0.6 is 0 Å². The number of rotatable bonds is 3. The topological polar surface area (TPSA) is 72.6 Å². The maximum Gasteiger partial charge on any atom is 0.404 e. The third-order valence-electron chi connectivity index (χ3n) is 1.29. The maximum atomic E-state index is 10.1. The van der Waals surface area contributed by atoms with Gasteiger partial charge >= 0.3 is 6.09 Å².